The van der Waals surface area contributed by atoms with Crippen molar-refractivity contribution in [3.8, 4) is 0 Å². The first-order valence-corrected chi connectivity index (χ1v) is 8.20. The lowest BCUT2D eigenvalue weighted by molar-refractivity contribution is 0.0648. The minimum absolute atomic E-state index is 0.0836. The van der Waals surface area contributed by atoms with Crippen LogP contribution in [0.25, 0.3) is 11.0 Å². The molecule has 124 valence electrons. The van der Waals surface area contributed by atoms with Crippen LogP contribution >= 0.6 is 11.7 Å². The summed E-state index contributed by atoms with van der Waals surface area (Å²) in [6.07, 6.45) is 1.47. The van der Waals surface area contributed by atoms with Crippen molar-refractivity contribution in [1.82, 2.24) is 23.9 Å². The van der Waals surface area contributed by atoms with Crippen LogP contribution in [0.3, 0.4) is 0 Å². The van der Waals surface area contributed by atoms with Crippen LogP contribution in [0, 0.1) is 0 Å². The van der Waals surface area contributed by atoms with Gasteiger partial charge < -0.3 is 5.32 Å². The highest BCUT2D eigenvalue weighted by atomic mass is 32.1. The Morgan fingerprint density at radius 1 is 1.12 bits per heavy atom. The Labute approximate surface area is 145 Å². The van der Waals surface area contributed by atoms with E-state index in [1.165, 1.54) is 6.20 Å². The topological polar surface area (TPSA) is 105 Å². The fraction of sp³-hybridized carbons (Fsp3) is 0.125. The first-order valence-electron chi connectivity index (χ1n) is 7.47. The van der Waals surface area contributed by atoms with Crippen LogP contribution in [0.15, 0.2) is 36.5 Å². The normalized spacial score (nSPS) is 13.4. The number of hydrogen-bond donors (Lipinski definition) is 1. The lowest BCUT2D eigenvalue weighted by Crippen LogP contribution is -2.38. The average molecular weight is 353 g/mol. The Bertz CT molecular complexity index is 981. The molecular formula is C16H11N5O3S. The molecule has 0 unspecified atom stereocenters. The van der Waals surface area contributed by atoms with Gasteiger partial charge in [-0.25, -0.2) is 0 Å². The lowest BCUT2D eigenvalue weighted by Gasteiger charge is -2.13. The van der Waals surface area contributed by atoms with Crippen molar-refractivity contribution in [1.29, 1.82) is 0 Å². The Morgan fingerprint density at radius 2 is 1.96 bits per heavy atom. The van der Waals surface area contributed by atoms with Crippen LogP contribution < -0.4 is 5.32 Å². The number of pyridine rings is 1. The number of rotatable bonds is 4. The molecule has 1 N–H and O–H groups in total. The monoisotopic (exact) mass is 353 g/mol. The van der Waals surface area contributed by atoms with Gasteiger partial charge in [-0.15, -0.1) is 0 Å². The van der Waals surface area contributed by atoms with Crippen LogP contribution in [-0.4, -0.2) is 49.4 Å². The fourth-order valence-corrected chi connectivity index (χ4v) is 3.14. The van der Waals surface area contributed by atoms with E-state index in [-0.39, 0.29) is 24.7 Å². The number of amides is 3. The molecule has 9 heteroatoms. The van der Waals surface area contributed by atoms with E-state index in [4.69, 9.17) is 0 Å². The van der Waals surface area contributed by atoms with Gasteiger partial charge in [0.2, 0.25) is 0 Å². The summed E-state index contributed by atoms with van der Waals surface area (Å²) < 4.78 is 8.18. The number of aromatic nitrogens is 3. The summed E-state index contributed by atoms with van der Waals surface area (Å²) in [7, 11) is 0. The molecule has 0 radical (unpaired) electrons. The van der Waals surface area contributed by atoms with E-state index in [1.807, 2.05) is 0 Å². The van der Waals surface area contributed by atoms with Crippen LogP contribution in [0.5, 0.6) is 0 Å². The third-order valence-corrected chi connectivity index (χ3v) is 4.42. The van der Waals surface area contributed by atoms with Crippen molar-refractivity contribution in [2.24, 2.45) is 0 Å². The van der Waals surface area contributed by atoms with Crippen LogP contribution in [0.2, 0.25) is 0 Å². The minimum atomic E-state index is -0.440. The van der Waals surface area contributed by atoms with E-state index < -0.39 is 11.8 Å². The highest BCUT2D eigenvalue weighted by Gasteiger charge is 2.36. The van der Waals surface area contributed by atoms with E-state index in [2.05, 4.69) is 19.0 Å². The molecule has 1 aliphatic rings. The summed E-state index contributed by atoms with van der Waals surface area (Å²) in [4.78, 5) is 41.6. The third-order valence-electron chi connectivity index (χ3n) is 3.87. The second-order valence-electron chi connectivity index (χ2n) is 5.39. The van der Waals surface area contributed by atoms with Gasteiger partial charge in [0.25, 0.3) is 17.7 Å². The SMILES string of the molecule is O=C(NCCN1C(=O)c2cccnc2C1=O)c1ccc2nsnc2c1. The molecule has 4 rings (SSSR count). The molecule has 0 aliphatic carbocycles. The van der Waals surface area contributed by atoms with Crippen molar-refractivity contribution in [3.63, 3.8) is 0 Å². The minimum Gasteiger partial charge on any atom is -0.350 e. The van der Waals surface area contributed by atoms with Gasteiger partial charge in [0.1, 0.15) is 16.7 Å². The molecule has 0 bridgehead atoms. The van der Waals surface area contributed by atoms with Gasteiger partial charge in [-0.05, 0) is 30.3 Å². The predicted octanol–water partition coefficient (Wildman–Crippen LogP) is 1.11. The van der Waals surface area contributed by atoms with E-state index in [1.54, 1.807) is 30.3 Å². The summed E-state index contributed by atoms with van der Waals surface area (Å²) in [6.45, 7) is 0.234. The zero-order valence-corrected chi connectivity index (χ0v) is 13.6. The lowest BCUT2D eigenvalue weighted by atomic mass is 10.2. The maximum Gasteiger partial charge on any atom is 0.280 e. The zero-order chi connectivity index (χ0) is 17.4. The van der Waals surface area contributed by atoms with Crippen molar-refractivity contribution in [2.75, 3.05) is 13.1 Å². The smallest absolute Gasteiger partial charge is 0.280 e. The van der Waals surface area contributed by atoms with Crippen molar-refractivity contribution < 1.29 is 14.4 Å². The molecule has 0 fully saturated rings. The Kier molecular flexibility index (Phi) is 3.69. The summed E-state index contributed by atoms with van der Waals surface area (Å²) in [5, 5.41) is 2.70. The molecule has 0 saturated carbocycles. The van der Waals surface area contributed by atoms with E-state index in [9.17, 15) is 14.4 Å². The largest absolute Gasteiger partial charge is 0.350 e. The summed E-state index contributed by atoms with van der Waals surface area (Å²) in [5.74, 6) is -1.13. The van der Waals surface area contributed by atoms with Crippen molar-refractivity contribution in [3.05, 3.63) is 53.3 Å². The number of carbonyl (C=O) groups is 3. The highest BCUT2D eigenvalue weighted by Crippen LogP contribution is 2.19. The third kappa shape index (κ3) is 2.64. The summed E-state index contributed by atoms with van der Waals surface area (Å²) in [6, 6.07) is 8.21. The number of fused-ring (bicyclic) bond motifs is 2. The maximum atomic E-state index is 12.2. The van der Waals surface area contributed by atoms with E-state index in [0.29, 0.717) is 16.6 Å². The molecule has 0 atom stereocenters. The Morgan fingerprint density at radius 3 is 2.80 bits per heavy atom. The number of benzene rings is 1. The molecule has 0 saturated heterocycles. The first kappa shape index (κ1) is 15.3. The van der Waals surface area contributed by atoms with Gasteiger partial charge in [0, 0.05) is 24.8 Å². The number of hydrogen-bond acceptors (Lipinski definition) is 7. The number of nitrogens with zero attached hydrogens (tertiary/aromatic N) is 4. The molecule has 1 aliphatic heterocycles. The van der Waals surface area contributed by atoms with Gasteiger partial charge >= 0.3 is 0 Å². The maximum absolute atomic E-state index is 12.2. The Balaban J connectivity index is 1.40. The second kappa shape index (κ2) is 6.02. The summed E-state index contributed by atoms with van der Waals surface area (Å²) in [5.41, 5.74) is 2.29. The summed E-state index contributed by atoms with van der Waals surface area (Å²) >= 11 is 1.08. The number of nitrogens with one attached hydrogen (secondary N) is 1. The Hall–Kier alpha value is -3.20. The van der Waals surface area contributed by atoms with Crippen LogP contribution in [-0.2, 0) is 0 Å². The average Bonchev–Trinajstić information content (AvgIpc) is 3.20. The van der Waals surface area contributed by atoms with Crippen LogP contribution in [0.1, 0.15) is 31.2 Å². The molecule has 8 nitrogen and oxygen atoms in total. The molecule has 1 aromatic carbocycles. The van der Waals surface area contributed by atoms with Gasteiger partial charge in [0.15, 0.2) is 0 Å². The molecule has 3 heterocycles. The molecule has 3 amide bonds. The standard InChI is InChI=1S/C16H11N5O3S/c22-14(9-3-4-11-12(8-9)20-25-19-11)18-6-7-21-15(23)10-2-1-5-17-13(10)16(21)24/h1-5,8H,6-7H2,(H,18,22). The molecule has 2 aromatic heterocycles. The molecular weight excluding hydrogens is 342 g/mol. The van der Waals surface area contributed by atoms with Gasteiger partial charge in [0.05, 0.1) is 17.3 Å². The van der Waals surface area contributed by atoms with Gasteiger partial charge in [-0.2, -0.15) is 8.75 Å². The van der Waals surface area contributed by atoms with Crippen molar-refractivity contribution >= 4 is 40.5 Å². The second-order valence-corrected chi connectivity index (χ2v) is 5.91. The van der Waals surface area contributed by atoms with Crippen molar-refractivity contribution in [2.45, 2.75) is 0 Å². The molecule has 25 heavy (non-hydrogen) atoms. The predicted molar refractivity (Wildman–Crippen MR) is 89.4 cm³/mol. The fourth-order valence-electron chi connectivity index (χ4n) is 2.62. The van der Waals surface area contributed by atoms with E-state index in [0.717, 1.165) is 22.1 Å². The number of carbonyl (C=O) groups excluding carboxylic acids is 3. The van der Waals surface area contributed by atoms with E-state index >= 15 is 0 Å². The van der Waals surface area contributed by atoms with Crippen LogP contribution in [0.4, 0.5) is 0 Å². The molecule has 0 spiro atoms. The molecule has 3 aromatic rings. The number of imide groups is 1. The van der Waals surface area contributed by atoms with Gasteiger partial charge in [-0.1, -0.05) is 0 Å². The zero-order valence-electron chi connectivity index (χ0n) is 12.8. The van der Waals surface area contributed by atoms with Gasteiger partial charge in [-0.3, -0.25) is 24.3 Å². The quantitative estimate of drug-likeness (QED) is 0.705. The first-order chi connectivity index (χ1) is 12.1. The highest BCUT2D eigenvalue weighted by molar-refractivity contribution is 7.00.